The van der Waals surface area contributed by atoms with Crippen molar-refractivity contribution >= 4 is 10.1 Å². The summed E-state index contributed by atoms with van der Waals surface area (Å²) < 4.78 is 84.6. The molecule has 0 aliphatic rings. The van der Waals surface area contributed by atoms with Crippen LogP contribution < -0.4 is 56.1 Å². The Morgan fingerprint density at radius 3 is 1.89 bits per heavy atom. The van der Waals surface area contributed by atoms with Crippen LogP contribution in [0.3, 0.4) is 0 Å². The van der Waals surface area contributed by atoms with E-state index in [1.54, 1.807) is 0 Å². The molecule has 1 N–H and O–H groups in total. The number of aromatic hydroxyl groups is 1. The normalized spacial score (nSPS) is 12.7. The molecule has 1 rings (SSSR count). The monoisotopic (exact) mass is 328 g/mol. The number of hydrogen-bond donors (Lipinski definition) is 1. The maximum atomic E-state index is 12.9. The molecule has 0 spiro atoms. The van der Waals surface area contributed by atoms with Gasteiger partial charge in [0, 0.05) is 0 Å². The maximum Gasteiger partial charge on any atom is 1.00 e. The molecule has 5 nitrogen and oxygen atoms in total. The molecular formula is C8H5F4KO5S. The summed E-state index contributed by atoms with van der Waals surface area (Å²) in [5.41, 5.74) is 0. The molecule has 0 aliphatic carbocycles. The second-order valence-corrected chi connectivity index (χ2v) is 4.50. The number of hydrogen-bond acceptors (Lipinski definition) is 5. The van der Waals surface area contributed by atoms with Crippen molar-refractivity contribution in [3.63, 3.8) is 0 Å². The number of alkyl halides is 4. The summed E-state index contributed by atoms with van der Waals surface area (Å²) in [4.78, 5) is 0. The van der Waals surface area contributed by atoms with Gasteiger partial charge in [-0.3, -0.25) is 0 Å². The number of benzene rings is 1. The van der Waals surface area contributed by atoms with Crippen molar-refractivity contribution in [3.8, 4) is 11.5 Å². The molecule has 0 saturated carbocycles. The number of rotatable bonds is 4. The molecule has 11 heteroatoms. The first kappa shape index (κ1) is 19.1. The van der Waals surface area contributed by atoms with E-state index in [2.05, 4.69) is 4.74 Å². The summed E-state index contributed by atoms with van der Waals surface area (Å²) in [6, 6.07) is 3.07. The summed E-state index contributed by atoms with van der Waals surface area (Å²) in [7, 11) is -6.60. The molecule has 102 valence electrons. The van der Waals surface area contributed by atoms with E-state index in [0.29, 0.717) is 12.1 Å². The van der Waals surface area contributed by atoms with E-state index in [0.717, 1.165) is 12.1 Å². The number of halogens is 4. The fraction of sp³-hybridized carbons (Fsp3) is 0.250. The van der Waals surface area contributed by atoms with E-state index < -0.39 is 27.2 Å². The maximum absolute atomic E-state index is 12.9. The smallest absolute Gasteiger partial charge is 0.743 e. The Hall–Kier alpha value is 0.0864. The first-order valence-corrected chi connectivity index (χ1v) is 5.57. The Labute approximate surface area is 147 Å². The molecule has 0 unspecified atom stereocenters. The minimum absolute atomic E-state index is 0. The van der Waals surface area contributed by atoms with Crippen molar-refractivity contribution in [2.45, 2.75) is 11.4 Å². The van der Waals surface area contributed by atoms with Gasteiger partial charge in [0.1, 0.15) is 11.5 Å². The van der Waals surface area contributed by atoms with Crippen molar-refractivity contribution in [3.05, 3.63) is 24.3 Å². The first-order valence-electron chi connectivity index (χ1n) is 4.16. The molecule has 0 heterocycles. The second kappa shape index (κ2) is 6.24. The zero-order chi connectivity index (χ0) is 14.2. The zero-order valence-electron chi connectivity index (χ0n) is 9.31. The van der Waals surface area contributed by atoms with Gasteiger partial charge in [-0.1, -0.05) is 0 Å². The average molecular weight is 328 g/mol. The van der Waals surface area contributed by atoms with Crippen molar-refractivity contribution in [1.82, 2.24) is 0 Å². The van der Waals surface area contributed by atoms with Crippen LogP contribution in [0.4, 0.5) is 17.6 Å². The molecule has 0 aliphatic heterocycles. The van der Waals surface area contributed by atoms with E-state index in [-0.39, 0.29) is 57.1 Å². The molecule has 0 atom stereocenters. The fourth-order valence-corrected chi connectivity index (χ4v) is 1.20. The second-order valence-electron chi connectivity index (χ2n) is 3.08. The van der Waals surface area contributed by atoms with Crippen molar-refractivity contribution in [2.24, 2.45) is 0 Å². The summed E-state index contributed by atoms with van der Waals surface area (Å²) >= 11 is 0. The van der Waals surface area contributed by atoms with E-state index in [4.69, 9.17) is 5.11 Å². The third-order valence-electron chi connectivity index (χ3n) is 1.74. The van der Waals surface area contributed by atoms with Crippen LogP contribution in [0.1, 0.15) is 0 Å². The average Bonchev–Trinajstić information content (AvgIpc) is 2.19. The van der Waals surface area contributed by atoms with Gasteiger partial charge in [-0.2, -0.15) is 17.6 Å². The number of phenolic OH excluding ortho intramolecular Hbond substituents is 1. The summed E-state index contributed by atoms with van der Waals surface area (Å²) in [6.07, 6.45) is -5.54. The zero-order valence-corrected chi connectivity index (χ0v) is 13.2. The van der Waals surface area contributed by atoms with Crippen molar-refractivity contribution < 1.29 is 91.8 Å². The molecule has 0 bridgehead atoms. The Kier molecular flexibility index (Phi) is 6.27. The molecule has 19 heavy (non-hydrogen) atoms. The molecule has 1 aromatic carbocycles. The largest absolute Gasteiger partial charge is 1.00 e. The molecule has 0 amide bonds. The molecule has 0 fully saturated rings. The minimum atomic E-state index is -6.60. The van der Waals surface area contributed by atoms with Crippen LogP contribution in [-0.4, -0.2) is 29.4 Å². The van der Waals surface area contributed by atoms with Gasteiger partial charge in [-0.25, -0.2) is 8.42 Å². The summed E-state index contributed by atoms with van der Waals surface area (Å²) in [6.45, 7) is 0. The van der Waals surface area contributed by atoms with Gasteiger partial charge in [0.2, 0.25) is 0 Å². The van der Waals surface area contributed by atoms with Gasteiger partial charge < -0.3 is 14.4 Å². The van der Waals surface area contributed by atoms with Gasteiger partial charge in [0.15, 0.2) is 10.1 Å². The fourth-order valence-electron chi connectivity index (χ4n) is 0.867. The number of phenols is 1. The summed E-state index contributed by atoms with van der Waals surface area (Å²) in [5, 5.41) is 2.89. The van der Waals surface area contributed by atoms with Crippen LogP contribution in [0.2, 0.25) is 0 Å². The van der Waals surface area contributed by atoms with E-state index in [9.17, 15) is 30.5 Å². The Morgan fingerprint density at radius 2 is 1.53 bits per heavy atom. The predicted octanol–water partition coefficient (Wildman–Crippen LogP) is -1.49. The van der Waals surface area contributed by atoms with Gasteiger partial charge in [-0.15, -0.1) is 0 Å². The van der Waals surface area contributed by atoms with Gasteiger partial charge in [0.05, 0.1) is 0 Å². The molecule has 0 radical (unpaired) electrons. The van der Waals surface area contributed by atoms with Crippen molar-refractivity contribution in [1.29, 1.82) is 0 Å². The molecule has 1 aromatic rings. The Morgan fingerprint density at radius 1 is 1.11 bits per heavy atom. The van der Waals surface area contributed by atoms with Gasteiger partial charge in [0.25, 0.3) is 0 Å². The van der Waals surface area contributed by atoms with E-state index >= 15 is 0 Å². The van der Waals surface area contributed by atoms with Crippen LogP contribution in [0, 0.1) is 0 Å². The number of ether oxygens (including phenoxy) is 1. The minimum Gasteiger partial charge on any atom is -0.743 e. The third kappa shape index (κ3) is 4.28. The van der Waals surface area contributed by atoms with Crippen LogP contribution in [-0.2, 0) is 10.1 Å². The SMILES string of the molecule is O=S(=O)([O-])C(F)(F)C(F)(F)Oc1ccc(O)cc1.[K+]. The van der Waals surface area contributed by atoms with E-state index in [1.165, 1.54) is 0 Å². The van der Waals surface area contributed by atoms with Gasteiger partial charge >= 0.3 is 62.7 Å². The third-order valence-corrected chi connectivity index (χ3v) is 2.60. The van der Waals surface area contributed by atoms with Crippen LogP contribution in [0.15, 0.2) is 24.3 Å². The van der Waals surface area contributed by atoms with E-state index in [1.807, 2.05) is 0 Å². The topological polar surface area (TPSA) is 86.7 Å². The Bertz CT molecular complexity index is 531. The Balaban J connectivity index is 0.00000324. The molecular weight excluding hydrogens is 323 g/mol. The molecule has 0 saturated heterocycles. The van der Waals surface area contributed by atoms with Crippen LogP contribution >= 0.6 is 0 Å². The molecule has 0 aromatic heterocycles. The van der Waals surface area contributed by atoms with Crippen molar-refractivity contribution in [2.75, 3.05) is 0 Å². The quantitative estimate of drug-likeness (QED) is 0.413. The van der Waals surface area contributed by atoms with Crippen LogP contribution in [0.25, 0.3) is 0 Å². The standard InChI is InChI=1S/C8H6F4O5S.K/c9-7(10,8(11,12)18(14,15)16)17-6-3-1-5(13)2-4-6;/h1-4,13H,(H,14,15,16);/q;+1/p-1. The summed E-state index contributed by atoms with van der Waals surface area (Å²) in [5.74, 6) is -1.20. The van der Waals surface area contributed by atoms with Gasteiger partial charge in [-0.05, 0) is 24.3 Å². The first-order chi connectivity index (χ1) is 7.97. The van der Waals surface area contributed by atoms with Crippen LogP contribution in [0.5, 0.6) is 11.5 Å². The predicted molar refractivity (Wildman–Crippen MR) is 48.3 cm³/mol.